The highest BCUT2D eigenvalue weighted by molar-refractivity contribution is 7.89. The summed E-state index contributed by atoms with van der Waals surface area (Å²) in [6, 6.07) is 2.00. The average Bonchev–Trinajstić information content (AvgIpc) is 2.38. The molecule has 1 amide bonds. The number of carbonyl (C=O) groups excluding carboxylic acids is 1. The van der Waals surface area contributed by atoms with E-state index in [1.54, 1.807) is 0 Å². The van der Waals surface area contributed by atoms with Crippen molar-refractivity contribution >= 4 is 21.6 Å². The van der Waals surface area contributed by atoms with Gasteiger partial charge in [-0.2, -0.15) is 4.72 Å². The van der Waals surface area contributed by atoms with Gasteiger partial charge < -0.3 is 15.8 Å². The molecule has 0 radical (unpaired) electrons. The van der Waals surface area contributed by atoms with Crippen LogP contribution in [0.3, 0.4) is 0 Å². The van der Waals surface area contributed by atoms with Gasteiger partial charge >= 0.3 is 0 Å². The van der Waals surface area contributed by atoms with Gasteiger partial charge in [0.25, 0.3) is 10.0 Å². The zero-order valence-corrected chi connectivity index (χ0v) is 12.1. The molecule has 8 nitrogen and oxygen atoms in total. The first-order valence-electron chi connectivity index (χ1n) is 5.88. The van der Waals surface area contributed by atoms with Crippen LogP contribution in [0.5, 0.6) is 0 Å². The number of methoxy groups -OCH3 is 1. The minimum absolute atomic E-state index is 0.0204. The number of anilines is 1. The van der Waals surface area contributed by atoms with Crippen LogP contribution in [-0.4, -0.2) is 45.6 Å². The molecule has 9 heteroatoms. The molecule has 0 aliphatic carbocycles. The Bertz CT molecular complexity index is 561. The molecule has 0 saturated carbocycles. The highest BCUT2D eigenvalue weighted by atomic mass is 32.2. The summed E-state index contributed by atoms with van der Waals surface area (Å²) in [6.45, 7) is 2.07. The Balaban J connectivity index is 2.72. The number of hydrogen-bond acceptors (Lipinski definition) is 6. The van der Waals surface area contributed by atoms with Crippen LogP contribution >= 0.6 is 0 Å². The fraction of sp³-hybridized carbons (Fsp3) is 0.455. The van der Waals surface area contributed by atoms with E-state index in [1.165, 1.54) is 32.4 Å². The molecule has 1 unspecified atom stereocenters. The molecule has 4 N–H and O–H groups in total. The molecule has 112 valence electrons. The summed E-state index contributed by atoms with van der Waals surface area (Å²) in [6.07, 6.45) is 1.31. The molecule has 1 rings (SSSR count). The molecule has 0 saturated heterocycles. The number of nitrogens with one attached hydrogen (secondary N) is 2. The molecule has 0 fully saturated rings. The number of nitrogen functional groups attached to an aromatic ring is 1. The Labute approximate surface area is 117 Å². The molecule has 0 aliphatic heterocycles. The first kappa shape index (κ1) is 16.3. The van der Waals surface area contributed by atoms with E-state index in [2.05, 4.69) is 15.0 Å². The maximum Gasteiger partial charge on any atom is 0.260 e. The Hall–Kier alpha value is -1.71. The van der Waals surface area contributed by atoms with Crippen LogP contribution in [0.2, 0.25) is 0 Å². The SMILES string of the molecule is COCCNC(=O)C(C)NS(=O)(=O)c1ncccc1N. The minimum Gasteiger partial charge on any atom is -0.396 e. The number of amides is 1. The van der Waals surface area contributed by atoms with Crippen LogP contribution in [0.25, 0.3) is 0 Å². The number of carbonyl (C=O) groups is 1. The number of nitrogens with two attached hydrogens (primary N) is 1. The van der Waals surface area contributed by atoms with Crippen LogP contribution in [0.15, 0.2) is 23.4 Å². The molecule has 0 aromatic carbocycles. The quantitative estimate of drug-likeness (QED) is 0.560. The second-order valence-corrected chi connectivity index (χ2v) is 5.65. The number of pyridine rings is 1. The highest BCUT2D eigenvalue weighted by Gasteiger charge is 2.24. The van der Waals surface area contributed by atoms with E-state index in [0.29, 0.717) is 13.2 Å². The zero-order valence-electron chi connectivity index (χ0n) is 11.3. The largest absolute Gasteiger partial charge is 0.396 e. The molecule has 1 atom stereocenters. The van der Waals surface area contributed by atoms with Gasteiger partial charge in [-0.3, -0.25) is 4.79 Å². The van der Waals surface area contributed by atoms with Gasteiger partial charge in [0.15, 0.2) is 5.03 Å². The summed E-state index contributed by atoms with van der Waals surface area (Å²) in [5.41, 5.74) is 5.58. The van der Waals surface area contributed by atoms with E-state index in [-0.39, 0.29) is 10.7 Å². The average molecular weight is 302 g/mol. The van der Waals surface area contributed by atoms with Crippen LogP contribution < -0.4 is 15.8 Å². The lowest BCUT2D eigenvalue weighted by Gasteiger charge is -2.14. The summed E-state index contributed by atoms with van der Waals surface area (Å²) in [5.74, 6) is -0.458. The minimum atomic E-state index is -3.94. The van der Waals surface area contributed by atoms with Crippen LogP contribution in [-0.2, 0) is 19.6 Å². The van der Waals surface area contributed by atoms with E-state index >= 15 is 0 Å². The van der Waals surface area contributed by atoms with Crippen LogP contribution in [0, 0.1) is 0 Å². The van der Waals surface area contributed by atoms with E-state index in [4.69, 9.17) is 10.5 Å². The number of ether oxygens (including phenoxy) is 1. The lowest BCUT2D eigenvalue weighted by atomic mass is 10.3. The smallest absolute Gasteiger partial charge is 0.260 e. The van der Waals surface area contributed by atoms with Crippen molar-refractivity contribution in [2.75, 3.05) is 26.0 Å². The maximum atomic E-state index is 12.0. The highest BCUT2D eigenvalue weighted by Crippen LogP contribution is 2.13. The van der Waals surface area contributed by atoms with Crippen molar-refractivity contribution in [3.8, 4) is 0 Å². The molecule has 1 aromatic rings. The number of hydrogen-bond donors (Lipinski definition) is 3. The second kappa shape index (κ2) is 7.17. The topological polar surface area (TPSA) is 123 Å². The third kappa shape index (κ3) is 4.44. The summed E-state index contributed by atoms with van der Waals surface area (Å²) in [5, 5.41) is 2.23. The van der Waals surface area contributed by atoms with Crippen molar-refractivity contribution in [2.45, 2.75) is 18.0 Å². The molecule has 0 spiro atoms. The first-order chi connectivity index (χ1) is 9.38. The molecule has 0 aliphatic rings. The van der Waals surface area contributed by atoms with Gasteiger partial charge in [0.1, 0.15) is 0 Å². The molecule has 1 aromatic heterocycles. The van der Waals surface area contributed by atoms with Gasteiger partial charge in [0.2, 0.25) is 5.91 Å². The van der Waals surface area contributed by atoms with Crippen molar-refractivity contribution in [2.24, 2.45) is 0 Å². The normalized spacial score (nSPS) is 12.9. The third-order valence-electron chi connectivity index (χ3n) is 2.39. The van der Waals surface area contributed by atoms with Crippen molar-refractivity contribution < 1.29 is 17.9 Å². The lowest BCUT2D eigenvalue weighted by molar-refractivity contribution is -0.122. The number of nitrogens with zero attached hydrogens (tertiary/aromatic N) is 1. The van der Waals surface area contributed by atoms with Gasteiger partial charge in [-0.1, -0.05) is 0 Å². The monoisotopic (exact) mass is 302 g/mol. The zero-order chi connectivity index (χ0) is 15.2. The fourth-order valence-corrected chi connectivity index (χ4v) is 2.66. The van der Waals surface area contributed by atoms with Gasteiger partial charge in [-0.15, -0.1) is 0 Å². The van der Waals surface area contributed by atoms with Gasteiger partial charge in [0.05, 0.1) is 18.3 Å². The van der Waals surface area contributed by atoms with Gasteiger partial charge in [-0.25, -0.2) is 13.4 Å². The van der Waals surface area contributed by atoms with Gasteiger partial charge in [0, 0.05) is 19.9 Å². The van der Waals surface area contributed by atoms with Gasteiger partial charge in [-0.05, 0) is 19.1 Å². The van der Waals surface area contributed by atoms with E-state index in [1.807, 2.05) is 0 Å². The number of aromatic nitrogens is 1. The lowest BCUT2D eigenvalue weighted by Crippen LogP contribution is -2.45. The molecule has 20 heavy (non-hydrogen) atoms. The molecular weight excluding hydrogens is 284 g/mol. The predicted molar refractivity (Wildman–Crippen MR) is 73.3 cm³/mol. The number of sulfonamides is 1. The maximum absolute atomic E-state index is 12.0. The van der Waals surface area contributed by atoms with Crippen molar-refractivity contribution in [1.82, 2.24) is 15.0 Å². The van der Waals surface area contributed by atoms with Crippen LogP contribution in [0.1, 0.15) is 6.92 Å². The molecule has 0 bridgehead atoms. The first-order valence-corrected chi connectivity index (χ1v) is 7.36. The third-order valence-corrected chi connectivity index (χ3v) is 3.90. The summed E-state index contributed by atoms with van der Waals surface area (Å²) >= 11 is 0. The summed E-state index contributed by atoms with van der Waals surface area (Å²) in [7, 11) is -2.44. The molecule has 1 heterocycles. The van der Waals surface area contributed by atoms with Crippen molar-refractivity contribution in [3.63, 3.8) is 0 Å². The van der Waals surface area contributed by atoms with E-state index in [9.17, 15) is 13.2 Å². The van der Waals surface area contributed by atoms with Crippen LogP contribution in [0.4, 0.5) is 5.69 Å². The molecular formula is C11H18N4O4S. The Morgan fingerprint density at radius 1 is 1.55 bits per heavy atom. The van der Waals surface area contributed by atoms with Crippen molar-refractivity contribution in [3.05, 3.63) is 18.3 Å². The number of rotatable bonds is 7. The van der Waals surface area contributed by atoms with E-state index in [0.717, 1.165) is 0 Å². The second-order valence-electron chi connectivity index (χ2n) is 4.02. The predicted octanol–water partition coefficient (Wildman–Crippen LogP) is -0.907. The summed E-state index contributed by atoms with van der Waals surface area (Å²) < 4.78 is 31.1. The standard InChI is InChI=1S/C11H18N4O4S/c1-8(10(16)13-6-7-19-2)15-20(17,18)11-9(12)4-3-5-14-11/h3-5,8,15H,6-7,12H2,1-2H3,(H,13,16). The Morgan fingerprint density at radius 3 is 2.85 bits per heavy atom. The van der Waals surface area contributed by atoms with E-state index < -0.39 is 22.0 Å². The Kier molecular flexibility index (Phi) is 5.86. The summed E-state index contributed by atoms with van der Waals surface area (Å²) in [4.78, 5) is 15.4. The Morgan fingerprint density at radius 2 is 2.25 bits per heavy atom. The fourth-order valence-electron chi connectivity index (χ4n) is 1.40. The van der Waals surface area contributed by atoms with Crippen molar-refractivity contribution in [1.29, 1.82) is 0 Å².